The highest BCUT2D eigenvalue weighted by molar-refractivity contribution is 7.99. The summed E-state index contributed by atoms with van der Waals surface area (Å²) in [4.78, 5) is 13.2. The van der Waals surface area contributed by atoms with E-state index in [9.17, 15) is 14.3 Å². The molecule has 0 radical (unpaired) electrons. The largest absolute Gasteiger partial charge is 0.387 e. The highest BCUT2D eigenvalue weighted by Gasteiger charge is 2.11. The van der Waals surface area contributed by atoms with Crippen LogP contribution in [-0.4, -0.2) is 22.9 Å². The molecule has 0 bridgehead atoms. The van der Waals surface area contributed by atoms with Crippen LogP contribution in [0.5, 0.6) is 0 Å². The summed E-state index contributed by atoms with van der Waals surface area (Å²) in [7, 11) is 0. The quantitative estimate of drug-likeness (QED) is 0.604. The highest BCUT2D eigenvalue weighted by Crippen LogP contribution is 2.28. The summed E-state index contributed by atoms with van der Waals surface area (Å²) in [5.74, 6) is -0.419. The SMILES string of the molecule is CCC(C)Sc1ccc(NC(=O)NCC(O)c2cccc(F)c2)c(C)c1. The number of hydrogen-bond donors (Lipinski definition) is 3. The van der Waals surface area contributed by atoms with Gasteiger partial charge in [-0.25, -0.2) is 9.18 Å². The minimum Gasteiger partial charge on any atom is -0.387 e. The van der Waals surface area contributed by atoms with E-state index in [-0.39, 0.29) is 6.54 Å². The van der Waals surface area contributed by atoms with E-state index < -0.39 is 18.0 Å². The zero-order valence-electron chi connectivity index (χ0n) is 15.3. The number of rotatable bonds is 7. The predicted molar refractivity (Wildman–Crippen MR) is 105 cm³/mol. The number of aliphatic hydroxyl groups excluding tert-OH is 1. The number of carbonyl (C=O) groups excluding carboxylic acids is 1. The van der Waals surface area contributed by atoms with Gasteiger partial charge in [-0.3, -0.25) is 0 Å². The Hall–Kier alpha value is -2.05. The van der Waals surface area contributed by atoms with E-state index in [1.807, 2.05) is 25.1 Å². The molecule has 0 spiro atoms. The number of aryl methyl sites for hydroxylation is 1. The average molecular weight is 376 g/mol. The van der Waals surface area contributed by atoms with Crippen molar-refractivity contribution < 1.29 is 14.3 Å². The third-order valence-corrected chi connectivity index (χ3v) is 5.31. The van der Waals surface area contributed by atoms with Crippen molar-refractivity contribution in [2.24, 2.45) is 0 Å². The van der Waals surface area contributed by atoms with Crippen molar-refractivity contribution in [1.29, 1.82) is 0 Å². The number of halogens is 1. The molecule has 2 amide bonds. The Bertz CT molecular complexity index is 754. The van der Waals surface area contributed by atoms with Gasteiger partial charge in [0.15, 0.2) is 0 Å². The zero-order valence-corrected chi connectivity index (χ0v) is 16.1. The van der Waals surface area contributed by atoms with E-state index in [1.165, 1.54) is 23.1 Å². The second-order valence-corrected chi connectivity index (χ2v) is 7.73. The minimum atomic E-state index is -0.966. The van der Waals surface area contributed by atoms with E-state index in [2.05, 4.69) is 24.5 Å². The van der Waals surface area contributed by atoms with Gasteiger partial charge >= 0.3 is 6.03 Å². The number of hydrogen-bond acceptors (Lipinski definition) is 3. The van der Waals surface area contributed by atoms with Gasteiger partial charge in [0, 0.05) is 22.4 Å². The van der Waals surface area contributed by atoms with Gasteiger partial charge in [-0.2, -0.15) is 0 Å². The standard InChI is InChI=1S/C20H25FN2O2S/c1-4-14(3)26-17-8-9-18(13(2)10-17)23-20(25)22-12-19(24)15-6-5-7-16(21)11-15/h5-11,14,19,24H,4,12H2,1-3H3,(H2,22,23,25). The van der Waals surface area contributed by atoms with Crippen molar-refractivity contribution in [2.45, 2.75) is 43.4 Å². The molecule has 6 heteroatoms. The summed E-state index contributed by atoms with van der Waals surface area (Å²) >= 11 is 1.81. The first-order chi connectivity index (χ1) is 12.4. The fourth-order valence-corrected chi connectivity index (χ4v) is 3.38. The van der Waals surface area contributed by atoms with Crippen molar-refractivity contribution in [2.75, 3.05) is 11.9 Å². The number of carbonyl (C=O) groups is 1. The molecule has 2 rings (SSSR count). The van der Waals surface area contributed by atoms with Gasteiger partial charge in [-0.1, -0.05) is 26.0 Å². The molecule has 0 saturated heterocycles. The Morgan fingerprint density at radius 1 is 1.27 bits per heavy atom. The molecule has 26 heavy (non-hydrogen) atoms. The fraction of sp³-hybridized carbons (Fsp3) is 0.350. The molecule has 0 fully saturated rings. The van der Waals surface area contributed by atoms with E-state index in [0.717, 1.165) is 17.7 Å². The first-order valence-electron chi connectivity index (χ1n) is 8.64. The fourth-order valence-electron chi connectivity index (χ4n) is 2.35. The van der Waals surface area contributed by atoms with Gasteiger partial charge in [-0.05, 0) is 54.8 Å². The van der Waals surface area contributed by atoms with Crippen LogP contribution in [0.25, 0.3) is 0 Å². The van der Waals surface area contributed by atoms with Crippen molar-refractivity contribution >= 4 is 23.5 Å². The van der Waals surface area contributed by atoms with E-state index >= 15 is 0 Å². The molecule has 0 aromatic heterocycles. The maximum atomic E-state index is 13.2. The number of nitrogens with one attached hydrogen (secondary N) is 2. The lowest BCUT2D eigenvalue weighted by Crippen LogP contribution is -2.32. The Labute approximate surface area is 158 Å². The molecule has 3 N–H and O–H groups in total. The summed E-state index contributed by atoms with van der Waals surface area (Å²) in [6.07, 6.45) is 0.131. The smallest absolute Gasteiger partial charge is 0.319 e. The molecule has 0 saturated carbocycles. The van der Waals surface area contributed by atoms with Crippen LogP contribution in [0.15, 0.2) is 47.4 Å². The summed E-state index contributed by atoms with van der Waals surface area (Å²) in [5.41, 5.74) is 2.11. The van der Waals surface area contributed by atoms with Crippen LogP contribution in [-0.2, 0) is 0 Å². The van der Waals surface area contributed by atoms with Crippen molar-refractivity contribution in [1.82, 2.24) is 5.32 Å². The van der Waals surface area contributed by atoms with Crippen molar-refractivity contribution in [3.8, 4) is 0 Å². The van der Waals surface area contributed by atoms with Crippen molar-refractivity contribution in [3.63, 3.8) is 0 Å². The van der Waals surface area contributed by atoms with Gasteiger partial charge < -0.3 is 15.7 Å². The van der Waals surface area contributed by atoms with E-state index in [1.54, 1.807) is 17.8 Å². The van der Waals surface area contributed by atoms with Crippen LogP contribution in [0.4, 0.5) is 14.9 Å². The van der Waals surface area contributed by atoms with Crippen LogP contribution in [0, 0.1) is 12.7 Å². The molecular formula is C20H25FN2O2S. The maximum Gasteiger partial charge on any atom is 0.319 e. The number of benzene rings is 2. The summed E-state index contributed by atoms with van der Waals surface area (Å²) in [6.45, 7) is 6.28. The van der Waals surface area contributed by atoms with Crippen molar-refractivity contribution in [3.05, 3.63) is 59.4 Å². The van der Waals surface area contributed by atoms with Crippen LogP contribution in [0.1, 0.15) is 37.5 Å². The Morgan fingerprint density at radius 3 is 2.69 bits per heavy atom. The highest BCUT2D eigenvalue weighted by atomic mass is 32.2. The average Bonchev–Trinajstić information content (AvgIpc) is 2.61. The monoisotopic (exact) mass is 376 g/mol. The normalized spacial score (nSPS) is 13.1. The first-order valence-corrected chi connectivity index (χ1v) is 9.52. The molecule has 140 valence electrons. The number of amides is 2. The number of aliphatic hydroxyl groups is 1. The Balaban J connectivity index is 1.89. The Morgan fingerprint density at radius 2 is 2.04 bits per heavy atom. The van der Waals surface area contributed by atoms with Gasteiger partial charge in [0.1, 0.15) is 5.82 Å². The van der Waals surface area contributed by atoms with Gasteiger partial charge in [-0.15, -0.1) is 11.8 Å². The lowest BCUT2D eigenvalue weighted by molar-refractivity contribution is 0.174. The lowest BCUT2D eigenvalue weighted by atomic mass is 10.1. The summed E-state index contributed by atoms with van der Waals surface area (Å²) < 4.78 is 13.2. The minimum absolute atomic E-state index is 0.00369. The molecule has 2 aromatic rings. The molecule has 0 heterocycles. The molecule has 0 aliphatic rings. The lowest BCUT2D eigenvalue weighted by Gasteiger charge is -2.15. The topological polar surface area (TPSA) is 61.4 Å². The maximum absolute atomic E-state index is 13.2. The molecule has 0 aliphatic heterocycles. The number of thioether (sulfide) groups is 1. The Kier molecular flexibility index (Phi) is 7.48. The van der Waals surface area contributed by atoms with Crippen LogP contribution < -0.4 is 10.6 Å². The summed E-state index contributed by atoms with van der Waals surface area (Å²) in [5, 5.41) is 16.0. The van der Waals surface area contributed by atoms with E-state index in [0.29, 0.717) is 10.8 Å². The van der Waals surface area contributed by atoms with Crippen LogP contribution >= 0.6 is 11.8 Å². The van der Waals surface area contributed by atoms with Gasteiger partial charge in [0.2, 0.25) is 0 Å². The molecule has 4 nitrogen and oxygen atoms in total. The zero-order chi connectivity index (χ0) is 19.1. The third-order valence-electron chi connectivity index (χ3n) is 4.05. The second kappa shape index (κ2) is 9.59. The summed E-state index contributed by atoms with van der Waals surface area (Å²) in [6, 6.07) is 11.2. The van der Waals surface area contributed by atoms with Crippen LogP contribution in [0.2, 0.25) is 0 Å². The number of urea groups is 1. The van der Waals surface area contributed by atoms with Gasteiger partial charge in [0.05, 0.1) is 6.10 Å². The predicted octanol–water partition coefficient (Wildman–Crippen LogP) is 4.88. The second-order valence-electron chi connectivity index (χ2n) is 6.22. The molecule has 2 unspecified atom stereocenters. The molecule has 0 aliphatic carbocycles. The molecule has 2 atom stereocenters. The van der Waals surface area contributed by atoms with Crippen LogP contribution in [0.3, 0.4) is 0 Å². The van der Waals surface area contributed by atoms with E-state index in [4.69, 9.17) is 0 Å². The molecule has 2 aromatic carbocycles. The molecular weight excluding hydrogens is 351 g/mol. The third kappa shape index (κ3) is 6.04. The first kappa shape index (κ1) is 20.3. The number of anilines is 1. The van der Waals surface area contributed by atoms with Gasteiger partial charge in [0.25, 0.3) is 0 Å².